The topological polar surface area (TPSA) is 70.5 Å². The highest BCUT2D eigenvalue weighted by molar-refractivity contribution is 6.46. The highest BCUT2D eigenvalue weighted by Gasteiger charge is 2.45. The van der Waals surface area contributed by atoms with Crippen molar-refractivity contribution in [3.63, 3.8) is 0 Å². The number of aliphatic hydroxyl groups excluding tert-OH is 1. The summed E-state index contributed by atoms with van der Waals surface area (Å²) in [5.41, 5.74) is 3.33. The van der Waals surface area contributed by atoms with Gasteiger partial charge in [-0.1, -0.05) is 60.2 Å². The van der Waals surface area contributed by atoms with Gasteiger partial charge in [-0.3, -0.25) is 14.6 Å². The molecule has 1 aliphatic heterocycles. The second-order valence-electron chi connectivity index (χ2n) is 7.06. The SMILES string of the molecule is Cc1ccc(C2/C(=C(/O)c3ccccc3)C(=O)C(=O)N2Cc2ccncc2)cc1. The van der Waals surface area contributed by atoms with Gasteiger partial charge < -0.3 is 10.0 Å². The van der Waals surface area contributed by atoms with Crippen molar-refractivity contribution in [2.24, 2.45) is 0 Å². The molecule has 0 spiro atoms. The van der Waals surface area contributed by atoms with Crippen molar-refractivity contribution in [2.75, 3.05) is 0 Å². The van der Waals surface area contributed by atoms with Crippen molar-refractivity contribution < 1.29 is 14.7 Å². The van der Waals surface area contributed by atoms with E-state index >= 15 is 0 Å². The first-order valence-electron chi connectivity index (χ1n) is 9.35. The number of Topliss-reactive ketones (excluding diaryl/α,β-unsaturated/α-hetero) is 1. The van der Waals surface area contributed by atoms with Crippen LogP contribution < -0.4 is 0 Å². The number of benzene rings is 2. The summed E-state index contributed by atoms with van der Waals surface area (Å²) >= 11 is 0. The van der Waals surface area contributed by atoms with E-state index in [-0.39, 0.29) is 17.9 Å². The number of rotatable bonds is 4. The van der Waals surface area contributed by atoms with Crippen LogP contribution in [0.5, 0.6) is 0 Å². The Labute approximate surface area is 169 Å². The average Bonchev–Trinajstić information content (AvgIpc) is 3.00. The van der Waals surface area contributed by atoms with Gasteiger partial charge in [-0.05, 0) is 30.2 Å². The number of hydrogen-bond donors (Lipinski definition) is 1. The molecule has 3 aromatic rings. The molecule has 0 bridgehead atoms. The van der Waals surface area contributed by atoms with Crippen molar-refractivity contribution in [3.8, 4) is 0 Å². The molecule has 144 valence electrons. The summed E-state index contributed by atoms with van der Waals surface area (Å²) in [5, 5.41) is 10.9. The smallest absolute Gasteiger partial charge is 0.295 e. The molecule has 1 aliphatic rings. The number of pyridine rings is 1. The number of carbonyl (C=O) groups is 2. The zero-order valence-corrected chi connectivity index (χ0v) is 15.9. The number of carbonyl (C=O) groups excluding carboxylic acids is 2. The number of aromatic nitrogens is 1. The minimum absolute atomic E-state index is 0.110. The van der Waals surface area contributed by atoms with Crippen LogP contribution in [-0.2, 0) is 16.1 Å². The Morgan fingerprint density at radius 1 is 0.966 bits per heavy atom. The predicted molar refractivity (Wildman–Crippen MR) is 110 cm³/mol. The van der Waals surface area contributed by atoms with Crippen LogP contribution in [-0.4, -0.2) is 26.7 Å². The third-order valence-electron chi connectivity index (χ3n) is 5.08. The van der Waals surface area contributed by atoms with Crippen LogP contribution in [0.2, 0.25) is 0 Å². The van der Waals surface area contributed by atoms with E-state index in [9.17, 15) is 14.7 Å². The van der Waals surface area contributed by atoms with Gasteiger partial charge in [0.25, 0.3) is 11.7 Å². The number of hydrogen-bond acceptors (Lipinski definition) is 4. The van der Waals surface area contributed by atoms with Crippen molar-refractivity contribution in [2.45, 2.75) is 19.5 Å². The summed E-state index contributed by atoms with van der Waals surface area (Å²) in [5.74, 6) is -1.46. The summed E-state index contributed by atoms with van der Waals surface area (Å²) in [6.45, 7) is 2.22. The average molecular weight is 384 g/mol. The molecule has 1 aromatic heterocycles. The molecule has 4 rings (SSSR count). The summed E-state index contributed by atoms with van der Waals surface area (Å²) in [4.78, 5) is 31.4. The predicted octanol–water partition coefficient (Wildman–Crippen LogP) is 4.01. The fourth-order valence-electron chi connectivity index (χ4n) is 3.57. The molecule has 1 saturated heterocycles. The monoisotopic (exact) mass is 384 g/mol. The Hall–Kier alpha value is -3.73. The van der Waals surface area contributed by atoms with Gasteiger partial charge in [0, 0.05) is 24.5 Å². The lowest BCUT2D eigenvalue weighted by Gasteiger charge is -2.25. The Bertz CT molecular complexity index is 1070. The quantitative estimate of drug-likeness (QED) is 0.419. The van der Waals surface area contributed by atoms with Crippen molar-refractivity contribution in [3.05, 3.63) is 107 Å². The maximum absolute atomic E-state index is 12.9. The van der Waals surface area contributed by atoms with E-state index in [1.807, 2.05) is 49.4 Å². The first-order valence-corrected chi connectivity index (χ1v) is 9.35. The largest absolute Gasteiger partial charge is 0.507 e. The number of likely N-dealkylation sites (tertiary alicyclic amines) is 1. The van der Waals surface area contributed by atoms with Gasteiger partial charge in [-0.25, -0.2) is 0 Å². The molecule has 5 heteroatoms. The first kappa shape index (κ1) is 18.6. The maximum Gasteiger partial charge on any atom is 0.295 e. The lowest BCUT2D eigenvalue weighted by molar-refractivity contribution is -0.140. The minimum atomic E-state index is -0.675. The molecule has 1 unspecified atom stereocenters. The first-order chi connectivity index (χ1) is 14.1. The lowest BCUT2D eigenvalue weighted by Crippen LogP contribution is -2.29. The zero-order valence-electron chi connectivity index (χ0n) is 15.9. The second kappa shape index (κ2) is 7.72. The van der Waals surface area contributed by atoms with Gasteiger partial charge in [0.15, 0.2) is 0 Å². The van der Waals surface area contributed by atoms with Crippen LogP contribution in [0.15, 0.2) is 84.7 Å². The van der Waals surface area contributed by atoms with E-state index in [1.54, 1.807) is 36.7 Å². The van der Waals surface area contributed by atoms with Gasteiger partial charge in [0.05, 0.1) is 11.6 Å². The summed E-state index contributed by atoms with van der Waals surface area (Å²) in [6.07, 6.45) is 3.30. The van der Waals surface area contributed by atoms with E-state index in [4.69, 9.17) is 0 Å². The van der Waals surface area contributed by atoms with E-state index in [2.05, 4.69) is 4.98 Å². The molecular formula is C24H20N2O3. The number of amides is 1. The fourth-order valence-corrected chi connectivity index (χ4v) is 3.57. The molecule has 1 fully saturated rings. The van der Waals surface area contributed by atoms with Crippen LogP contribution in [0.25, 0.3) is 5.76 Å². The second-order valence-corrected chi connectivity index (χ2v) is 7.06. The highest BCUT2D eigenvalue weighted by atomic mass is 16.3. The maximum atomic E-state index is 12.9. The molecule has 2 aromatic carbocycles. The fraction of sp³-hybridized carbons (Fsp3) is 0.125. The Morgan fingerprint density at radius 2 is 1.62 bits per heavy atom. The van der Waals surface area contributed by atoms with Crippen LogP contribution >= 0.6 is 0 Å². The Balaban J connectivity index is 1.86. The minimum Gasteiger partial charge on any atom is -0.507 e. The normalized spacial score (nSPS) is 18.2. The van der Waals surface area contributed by atoms with Gasteiger partial charge in [0.1, 0.15) is 5.76 Å². The highest BCUT2D eigenvalue weighted by Crippen LogP contribution is 2.40. The van der Waals surface area contributed by atoms with Crippen LogP contribution in [0, 0.1) is 6.92 Å². The van der Waals surface area contributed by atoms with Gasteiger partial charge in [-0.15, -0.1) is 0 Å². The molecule has 1 atom stereocenters. The van der Waals surface area contributed by atoms with Gasteiger partial charge in [-0.2, -0.15) is 0 Å². The molecule has 1 N–H and O–H groups in total. The van der Waals surface area contributed by atoms with Crippen LogP contribution in [0.3, 0.4) is 0 Å². The van der Waals surface area contributed by atoms with Crippen LogP contribution in [0.4, 0.5) is 0 Å². The van der Waals surface area contributed by atoms with E-state index in [0.717, 1.165) is 16.7 Å². The molecule has 5 nitrogen and oxygen atoms in total. The summed E-state index contributed by atoms with van der Waals surface area (Å²) < 4.78 is 0. The van der Waals surface area contributed by atoms with Crippen molar-refractivity contribution in [1.82, 2.24) is 9.88 Å². The summed E-state index contributed by atoms with van der Waals surface area (Å²) in [6, 6.07) is 19.4. The molecule has 0 saturated carbocycles. The van der Waals surface area contributed by atoms with Gasteiger partial charge in [0.2, 0.25) is 0 Å². The molecule has 2 heterocycles. The molecular weight excluding hydrogens is 364 g/mol. The molecule has 0 radical (unpaired) electrons. The lowest BCUT2D eigenvalue weighted by atomic mass is 9.94. The van der Waals surface area contributed by atoms with Crippen molar-refractivity contribution >= 4 is 17.4 Å². The zero-order chi connectivity index (χ0) is 20.4. The number of aryl methyl sites for hydroxylation is 1. The Kier molecular flexibility index (Phi) is 4.96. The Morgan fingerprint density at radius 3 is 2.28 bits per heavy atom. The van der Waals surface area contributed by atoms with Crippen LogP contribution in [0.1, 0.15) is 28.3 Å². The third-order valence-corrected chi connectivity index (χ3v) is 5.08. The molecule has 29 heavy (non-hydrogen) atoms. The molecule has 0 aliphatic carbocycles. The number of aliphatic hydroxyl groups is 1. The number of nitrogens with zero attached hydrogens (tertiary/aromatic N) is 2. The summed E-state index contributed by atoms with van der Waals surface area (Å²) in [7, 11) is 0. The van der Waals surface area contributed by atoms with E-state index in [0.29, 0.717) is 5.56 Å². The molecule has 1 amide bonds. The van der Waals surface area contributed by atoms with Gasteiger partial charge >= 0.3 is 0 Å². The van der Waals surface area contributed by atoms with E-state index < -0.39 is 17.7 Å². The van der Waals surface area contributed by atoms with Crippen molar-refractivity contribution in [1.29, 1.82) is 0 Å². The standard InChI is InChI=1S/C24H20N2O3/c1-16-7-9-18(10-8-16)21-20(22(27)19-5-3-2-4-6-19)23(28)24(29)26(21)15-17-11-13-25-14-12-17/h2-14,21,27H,15H2,1H3/b22-20-. The number of ketones is 1. The van der Waals surface area contributed by atoms with E-state index in [1.165, 1.54) is 4.90 Å². The third kappa shape index (κ3) is 3.55.